The first-order chi connectivity index (χ1) is 12.7. The second-order valence-electron chi connectivity index (χ2n) is 8.43. The van der Waals surface area contributed by atoms with Gasteiger partial charge in [-0.1, -0.05) is 38.4 Å². The fourth-order valence-electron chi connectivity index (χ4n) is 3.42. The van der Waals surface area contributed by atoms with Crippen LogP contribution in [0.15, 0.2) is 28.7 Å². The number of aryl methyl sites for hydroxylation is 1. The normalized spacial score (nSPS) is 16.0. The Bertz CT molecular complexity index is 802. The highest BCUT2D eigenvalue weighted by Gasteiger charge is 2.25. The van der Waals surface area contributed by atoms with E-state index in [1.54, 1.807) is 0 Å². The zero-order valence-electron chi connectivity index (χ0n) is 16.6. The Morgan fingerprint density at radius 3 is 2.56 bits per heavy atom. The predicted octanol–water partition coefficient (Wildman–Crippen LogP) is 4.04. The van der Waals surface area contributed by atoms with Gasteiger partial charge in [0.1, 0.15) is 5.76 Å². The van der Waals surface area contributed by atoms with E-state index in [9.17, 15) is 4.79 Å². The molecule has 1 aromatic heterocycles. The molecule has 1 amide bonds. The lowest BCUT2D eigenvalue weighted by Gasteiger charge is -2.37. The van der Waals surface area contributed by atoms with Crippen molar-refractivity contribution in [1.29, 1.82) is 0 Å². The molecule has 27 heavy (non-hydrogen) atoms. The molecular formula is C21H28ClN3O2. The van der Waals surface area contributed by atoms with Crippen LogP contribution in [0.3, 0.4) is 0 Å². The maximum atomic E-state index is 12.7. The Morgan fingerprint density at radius 2 is 1.93 bits per heavy atom. The van der Waals surface area contributed by atoms with Gasteiger partial charge in [-0.05, 0) is 30.5 Å². The molecular weight excluding hydrogens is 362 g/mol. The van der Waals surface area contributed by atoms with Crippen LogP contribution >= 0.6 is 11.6 Å². The molecule has 3 rings (SSSR count). The average molecular weight is 390 g/mol. The molecule has 1 fully saturated rings. The van der Waals surface area contributed by atoms with E-state index in [0.717, 1.165) is 38.3 Å². The molecule has 0 radical (unpaired) electrons. The number of halogens is 1. The summed E-state index contributed by atoms with van der Waals surface area (Å²) in [7, 11) is 0. The van der Waals surface area contributed by atoms with Gasteiger partial charge in [-0.2, -0.15) is 0 Å². The zero-order valence-corrected chi connectivity index (χ0v) is 17.3. The molecule has 1 saturated heterocycles. The molecule has 2 aromatic rings. The number of carbonyl (C=O) groups is 1. The van der Waals surface area contributed by atoms with Gasteiger partial charge < -0.3 is 9.32 Å². The van der Waals surface area contributed by atoms with Gasteiger partial charge in [0.2, 0.25) is 11.8 Å². The first-order valence-electron chi connectivity index (χ1n) is 9.44. The summed E-state index contributed by atoms with van der Waals surface area (Å²) in [5.41, 5.74) is 1.80. The molecule has 2 heterocycles. The minimum Gasteiger partial charge on any atom is -0.441 e. The van der Waals surface area contributed by atoms with Crippen LogP contribution in [-0.4, -0.2) is 53.4 Å². The van der Waals surface area contributed by atoms with E-state index in [1.807, 2.05) is 36.1 Å². The Kier molecular flexibility index (Phi) is 5.92. The Balaban J connectivity index is 1.60. The molecule has 0 aliphatic carbocycles. The van der Waals surface area contributed by atoms with Crippen molar-refractivity contribution in [3.8, 4) is 11.5 Å². The summed E-state index contributed by atoms with van der Waals surface area (Å²) in [6, 6.07) is 7.38. The van der Waals surface area contributed by atoms with Crippen molar-refractivity contribution < 1.29 is 9.21 Å². The second kappa shape index (κ2) is 8.03. The number of hydrogen-bond donors (Lipinski definition) is 0. The largest absolute Gasteiger partial charge is 0.441 e. The highest BCUT2D eigenvalue weighted by atomic mass is 35.5. The summed E-state index contributed by atoms with van der Waals surface area (Å²) in [6.07, 6.45) is 0.273. The molecule has 1 aliphatic heterocycles. The lowest BCUT2D eigenvalue weighted by molar-refractivity contribution is -0.132. The van der Waals surface area contributed by atoms with E-state index in [0.29, 0.717) is 22.4 Å². The van der Waals surface area contributed by atoms with Crippen LogP contribution in [0.4, 0.5) is 0 Å². The minimum absolute atomic E-state index is 0.111. The molecule has 0 unspecified atom stereocenters. The summed E-state index contributed by atoms with van der Waals surface area (Å²) < 4.78 is 5.77. The number of carbonyl (C=O) groups excluding carboxylic acids is 1. The lowest BCUT2D eigenvalue weighted by atomic mass is 9.96. The van der Waals surface area contributed by atoms with Crippen molar-refractivity contribution in [2.75, 3.05) is 32.7 Å². The average Bonchev–Trinajstić information content (AvgIpc) is 2.95. The standard InChI is InChI=1S/C21H28ClN3O2/c1-15-18(23-20(27-15)16-6-5-7-17(22)12-16)13-19(26)25-10-8-24(9-11-25)14-21(2,3)4/h5-7,12H,8-11,13-14H2,1-4H3. The van der Waals surface area contributed by atoms with Crippen molar-refractivity contribution in [2.24, 2.45) is 5.41 Å². The molecule has 5 nitrogen and oxygen atoms in total. The number of rotatable bonds is 4. The molecule has 0 bridgehead atoms. The van der Waals surface area contributed by atoms with Gasteiger partial charge in [-0.3, -0.25) is 9.69 Å². The molecule has 0 N–H and O–H groups in total. The predicted molar refractivity (Wildman–Crippen MR) is 108 cm³/mol. The molecule has 0 spiro atoms. The van der Waals surface area contributed by atoms with E-state index < -0.39 is 0 Å². The van der Waals surface area contributed by atoms with E-state index in [-0.39, 0.29) is 17.7 Å². The van der Waals surface area contributed by atoms with Crippen LogP contribution in [0.2, 0.25) is 5.02 Å². The third-order valence-electron chi connectivity index (χ3n) is 4.71. The number of hydrogen-bond acceptors (Lipinski definition) is 4. The van der Waals surface area contributed by atoms with Crippen molar-refractivity contribution in [3.05, 3.63) is 40.7 Å². The molecule has 6 heteroatoms. The minimum atomic E-state index is 0.111. The van der Waals surface area contributed by atoms with Gasteiger partial charge in [-0.15, -0.1) is 0 Å². The number of amides is 1. The first-order valence-corrected chi connectivity index (χ1v) is 9.81. The van der Waals surface area contributed by atoms with Gasteiger partial charge in [0.25, 0.3) is 0 Å². The third-order valence-corrected chi connectivity index (χ3v) is 4.94. The fourth-order valence-corrected chi connectivity index (χ4v) is 3.61. The summed E-state index contributed by atoms with van der Waals surface area (Å²) in [5, 5.41) is 0.633. The number of benzene rings is 1. The first kappa shape index (κ1) is 19.9. The number of nitrogens with zero attached hydrogens (tertiary/aromatic N) is 3. The Labute approximate surface area is 166 Å². The second-order valence-corrected chi connectivity index (χ2v) is 8.86. The molecule has 0 saturated carbocycles. The van der Waals surface area contributed by atoms with E-state index in [4.69, 9.17) is 16.0 Å². The molecule has 0 atom stereocenters. The van der Waals surface area contributed by atoms with Crippen LogP contribution in [0, 0.1) is 12.3 Å². The highest BCUT2D eigenvalue weighted by Crippen LogP contribution is 2.25. The SMILES string of the molecule is Cc1oc(-c2cccc(Cl)c2)nc1CC(=O)N1CCN(CC(C)(C)C)CC1. The molecule has 1 aromatic carbocycles. The van der Waals surface area contributed by atoms with Gasteiger partial charge in [-0.25, -0.2) is 4.98 Å². The topological polar surface area (TPSA) is 49.6 Å². The zero-order chi connectivity index (χ0) is 19.6. The van der Waals surface area contributed by atoms with Gasteiger partial charge in [0.05, 0.1) is 12.1 Å². The van der Waals surface area contributed by atoms with Crippen molar-refractivity contribution in [3.63, 3.8) is 0 Å². The smallest absolute Gasteiger partial charge is 0.228 e. The third kappa shape index (κ3) is 5.33. The monoisotopic (exact) mass is 389 g/mol. The van der Waals surface area contributed by atoms with Crippen LogP contribution in [0.25, 0.3) is 11.5 Å². The number of oxazole rings is 1. The van der Waals surface area contributed by atoms with Gasteiger partial charge in [0.15, 0.2) is 0 Å². The van der Waals surface area contributed by atoms with Crippen molar-refractivity contribution in [2.45, 2.75) is 34.1 Å². The van der Waals surface area contributed by atoms with E-state index in [2.05, 4.69) is 30.7 Å². The van der Waals surface area contributed by atoms with E-state index in [1.165, 1.54) is 0 Å². The molecule has 1 aliphatic rings. The highest BCUT2D eigenvalue weighted by molar-refractivity contribution is 6.30. The van der Waals surface area contributed by atoms with Crippen LogP contribution < -0.4 is 0 Å². The quantitative estimate of drug-likeness (QED) is 0.791. The van der Waals surface area contributed by atoms with Crippen LogP contribution in [-0.2, 0) is 11.2 Å². The number of piperazine rings is 1. The molecule has 146 valence electrons. The van der Waals surface area contributed by atoms with Crippen molar-refractivity contribution in [1.82, 2.24) is 14.8 Å². The van der Waals surface area contributed by atoms with Crippen LogP contribution in [0.5, 0.6) is 0 Å². The summed E-state index contributed by atoms with van der Waals surface area (Å²) >= 11 is 6.04. The Hall–Kier alpha value is -1.85. The summed E-state index contributed by atoms with van der Waals surface area (Å²) in [5.74, 6) is 1.30. The van der Waals surface area contributed by atoms with Gasteiger partial charge >= 0.3 is 0 Å². The maximum absolute atomic E-state index is 12.7. The fraction of sp³-hybridized carbons (Fsp3) is 0.524. The Morgan fingerprint density at radius 1 is 1.22 bits per heavy atom. The summed E-state index contributed by atoms with van der Waals surface area (Å²) in [4.78, 5) is 21.6. The summed E-state index contributed by atoms with van der Waals surface area (Å²) in [6.45, 7) is 13.0. The number of aromatic nitrogens is 1. The van der Waals surface area contributed by atoms with Gasteiger partial charge in [0, 0.05) is 43.3 Å². The van der Waals surface area contributed by atoms with Crippen LogP contribution in [0.1, 0.15) is 32.2 Å². The lowest BCUT2D eigenvalue weighted by Crippen LogP contribution is -2.50. The van der Waals surface area contributed by atoms with E-state index >= 15 is 0 Å². The van der Waals surface area contributed by atoms with Crippen molar-refractivity contribution >= 4 is 17.5 Å². The maximum Gasteiger partial charge on any atom is 0.228 e.